The van der Waals surface area contributed by atoms with Crippen LogP contribution in [-0.4, -0.2) is 44.2 Å². The van der Waals surface area contributed by atoms with E-state index in [-0.39, 0.29) is 11.8 Å². The van der Waals surface area contributed by atoms with E-state index in [0.717, 1.165) is 22.5 Å². The predicted octanol–water partition coefficient (Wildman–Crippen LogP) is 4.36. The summed E-state index contributed by atoms with van der Waals surface area (Å²) in [6, 6.07) is 7.11. The third-order valence-corrected chi connectivity index (χ3v) is 6.20. The number of hydrogen-bond donors (Lipinski definition) is 1. The summed E-state index contributed by atoms with van der Waals surface area (Å²) in [5.41, 5.74) is 3.31. The summed E-state index contributed by atoms with van der Waals surface area (Å²) >= 11 is 8.02. The molecule has 1 aliphatic rings. The smallest absolute Gasteiger partial charge is 0.248 e. The first-order chi connectivity index (χ1) is 14.3. The van der Waals surface area contributed by atoms with E-state index in [1.807, 2.05) is 38.1 Å². The molecule has 2 aromatic rings. The van der Waals surface area contributed by atoms with E-state index < -0.39 is 6.04 Å². The van der Waals surface area contributed by atoms with Crippen molar-refractivity contribution >= 4 is 46.9 Å². The van der Waals surface area contributed by atoms with Gasteiger partial charge in [0.25, 0.3) is 0 Å². The fourth-order valence-corrected chi connectivity index (χ4v) is 4.77. The van der Waals surface area contributed by atoms with Gasteiger partial charge < -0.3 is 10.2 Å². The van der Waals surface area contributed by atoms with Crippen LogP contribution < -0.4 is 5.32 Å². The summed E-state index contributed by atoms with van der Waals surface area (Å²) in [6.45, 7) is 8.75. The van der Waals surface area contributed by atoms with Crippen LogP contribution in [0.25, 0.3) is 6.08 Å². The second-order valence-corrected chi connectivity index (χ2v) is 9.24. The lowest BCUT2D eigenvalue weighted by Crippen LogP contribution is -2.43. The van der Waals surface area contributed by atoms with Gasteiger partial charge in [0, 0.05) is 29.6 Å². The Balaban J connectivity index is 1.70. The van der Waals surface area contributed by atoms with E-state index in [1.54, 1.807) is 27.4 Å². The van der Waals surface area contributed by atoms with Crippen LogP contribution >= 0.6 is 23.4 Å². The highest BCUT2D eigenvalue weighted by atomic mass is 35.5. The maximum atomic E-state index is 12.8. The third-order valence-electron chi connectivity index (χ3n) is 4.79. The Bertz CT molecular complexity index is 970. The van der Waals surface area contributed by atoms with Crippen molar-refractivity contribution < 1.29 is 9.59 Å². The van der Waals surface area contributed by atoms with Gasteiger partial charge in [0.2, 0.25) is 11.8 Å². The number of rotatable bonds is 6. The Kier molecular flexibility index (Phi) is 7.26. The molecule has 0 saturated carbocycles. The topological polar surface area (TPSA) is 67.2 Å². The van der Waals surface area contributed by atoms with Crippen molar-refractivity contribution in [1.82, 2.24) is 14.7 Å². The molecule has 1 fully saturated rings. The average molecular weight is 447 g/mol. The number of halogens is 1. The minimum atomic E-state index is -0.507. The zero-order chi connectivity index (χ0) is 21.8. The summed E-state index contributed by atoms with van der Waals surface area (Å²) in [6.07, 6.45) is 3.18. The maximum Gasteiger partial charge on any atom is 0.248 e. The lowest BCUT2D eigenvalue weighted by molar-refractivity contribution is -0.132. The first-order valence-electron chi connectivity index (χ1n) is 9.93. The predicted molar refractivity (Wildman–Crippen MR) is 124 cm³/mol. The summed E-state index contributed by atoms with van der Waals surface area (Å²) < 4.78 is 1.76. The van der Waals surface area contributed by atoms with Crippen molar-refractivity contribution in [1.29, 1.82) is 0 Å². The molecule has 6 nitrogen and oxygen atoms in total. The highest BCUT2D eigenvalue weighted by molar-refractivity contribution is 7.99. The minimum Gasteiger partial charge on any atom is -0.324 e. The van der Waals surface area contributed by atoms with Crippen LogP contribution in [0.5, 0.6) is 0 Å². The molecular formula is C22H27ClN4O2S. The normalized spacial score (nSPS) is 16.6. The van der Waals surface area contributed by atoms with Crippen LogP contribution in [0.1, 0.15) is 30.7 Å². The molecule has 160 valence electrons. The van der Waals surface area contributed by atoms with E-state index in [0.29, 0.717) is 29.2 Å². The number of aromatic nitrogens is 2. The third kappa shape index (κ3) is 5.26. The van der Waals surface area contributed by atoms with Crippen LogP contribution in [0.4, 0.5) is 5.69 Å². The number of amides is 2. The van der Waals surface area contributed by atoms with Crippen molar-refractivity contribution in [2.75, 3.05) is 16.9 Å². The molecule has 1 aliphatic heterocycles. The molecule has 2 amide bonds. The summed E-state index contributed by atoms with van der Waals surface area (Å²) in [5, 5.41) is 7.90. The van der Waals surface area contributed by atoms with Crippen LogP contribution in [-0.2, 0) is 16.1 Å². The zero-order valence-electron chi connectivity index (χ0n) is 17.7. The largest absolute Gasteiger partial charge is 0.324 e. The van der Waals surface area contributed by atoms with E-state index >= 15 is 0 Å². The number of hydrogen-bond acceptors (Lipinski definition) is 4. The Labute approximate surface area is 186 Å². The number of anilines is 1. The van der Waals surface area contributed by atoms with Gasteiger partial charge in [-0.2, -0.15) is 5.10 Å². The van der Waals surface area contributed by atoms with Gasteiger partial charge in [0.15, 0.2) is 0 Å². The van der Waals surface area contributed by atoms with Gasteiger partial charge in [-0.05, 0) is 43.5 Å². The van der Waals surface area contributed by atoms with Crippen molar-refractivity contribution in [2.45, 2.75) is 40.3 Å². The van der Waals surface area contributed by atoms with Crippen molar-refractivity contribution in [3.8, 4) is 0 Å². The molecule has 1 saturated heterocycles. The lowest BCUT2D eigenvalue weighted by atomic mass is 10.2. The monoisotopic (exact) mass is 446 g/mol. The lowest BCUT2D eigenvalue weighted by Gasteiger charge is -2.21. The molecule has 3 rings (SSSR count). The molecule has 0 radical (unpaired) electrons. The number of benzene rings is 1. The highest BCUT2D eigenvalue weighted by Crippen LogP contribution is 2.25. The van der Waals surface area contributed by atoms with Gasteiger partial charge in [-0.3, -0.25) is 14.3 Å². The van der Waals surface area contributed by atoms with Gasteiger partial charge in [-0.15, -0.1) is 11.8 Å². The van der Waals surface area contributed by atoms with Crippen molar-refractivity contribution in [3.05, 3.63) is 52.3 Å². The van der Waals surface area contributed by atoms with Gasteiger partial charge in [0.1, 0.15) is 11.2 Å². The summed E-state index contributed by atoms with van der Waals surface area (Å²) in [4.78, 5) is 27.2. The molecule has 1 aromatic carbocycles. The molecule has 0 bridgehead atoms. The van der Waals surface area contributed by atoms with Crippen LogP contribution in [0.15, 0.2) is 30.3 Å². The number of carbonyl (C=O) groups is 2. The molecule has 30 heavy (non-hydrogen) atoms. The zero-order valence-corrected chi connectivity index (χ0v) is 19.3. The van der Waals surface area contributed by atoms with Gasteiger partial charge in [-0.1, -0.05) is 37.6 Å². The number of nitrogens with one attached hydrogen (secondary N) is 1. The molecule has 1 aromatic heterocycles. The first kappa shape index (κ1) is 22.4. The molecule has 2 heterocycles. The van der Waals surface area contributed by atoms with Crippen molar-refractivity contribution in [2.24, 2.45) is 5.92 Å². The Morgan fingerprint density at radius 3 is 2.83 bits per heavy atom. The molecule has 1 atom stereocenters. The number of aryl methyl sites for hydroxylation is 2. The molecule has 1 unspecified atom stereocenters. The standard InChI is InChI=1S/C22H27ClN4O2S/c1-14(2)11-27-21(23)18(16(4)25-27)8-9-20(28)26-13-30-12-19(26)22(29)24-17-7-5-6-15(3)10-17/h5-10,14,19H,11-13H2,1-4H3,(H,24,29). The number of carbonyl (C=O) groups excluding carboxylic acids is 2. The molecule has 0 aliphatic carbocycles. The second-order valence-electron chi connectivity index (χ2n) is 7.88. The molecule has 1 N–H and O–H groups in total. The van der Waals surface area contributed by atoms with E-state index in [2.05, 4.69) is 24.3 Å². The summed E-state index contributed by atoms with van der Waals surface area (Å²) in [5.74, 6) is 1.08. The fourth-order valence-electron chi connectivity index (χ4n) is 3.30. The van der Waals surface area contributed by atoms with Crippen molar-refractivity contribution in [3.63, 3.8) is 0 Å². The molecular weight excluding hydrogens is 420 g/mol. The number of thioether (sulfide) groups is 1. The summed E-state index contributed by atoms with van der Waals surface area (Å²) in [7, 11) is 0. The van der Waals surface area contributed by atoms with E-state index in [4.69, 9.17) is 11.6 Å². The van der Waals surface area contributed by atoms with Gasteiger partial charge in [-0.25, -0.2) is 0 Å². The van der Waals surface area contributed by atoms with E-state index in [9.17, 15) is 9.59 Å². The van der Waals surface area contributed by atoms with E-state index in [1.165, 1.54) is 6.08 Å². The van der Waals surface area contributed by atoms with Gasteiger partial charge >= 0.3 is 0 Å². The Morgan fingerprint density at radius 2 is 2.13 bits per heavy atom. The Morgan fingerprint density at radius 1 is 1.37 bits per heavy atom. The Hall–Kier alpha value is -2.25. The SMILES string of the molecule is Cc1cccc(NC(=O)C2CSCN2C(=O)C=Cc2c(C)nn(CC(C)C)c2Cl)c1. The first-order valence-corrected chi connectivity index (χ1v) is 11.5. The number of nitrogens with zero attached hydrogens (tertiary/aromatic N) is 3. The van der Waals surface area contributed by atoms with Crippen LogP contribution in [0.2, 0.25) is 5.15 Å². The second kappa shape index (κ2) is 9.71. The van der Waals surface area contributed by atoms with Crippen LogP contribution in [0.3, 0.4) is 0 Å². The quantitative estimate of drug-likeness (QED) is 0.669. The minimum absolute atomic E-state index is 0.175. The molecule has 8 heteroatoms. The average Bonchev–Trinajstić information content (AvgIpc) is 3.25. The fraction of sp³-hybridized carbons (Fsp3) is 0.409. The van der Waals surface area contributed by atoms with Gasteiger partial charge in [0.05, 0.1) is 11.6 Å². The van der Waals surface area contributed by atoms with Crippen LogP contribution in [0, 0.1) is 19.8 Å². The molecule has 0 spiro atoms. The maximum absolute atomic E-state index is 12.8. The highest BCUT2D eigenvalue weighted by Gasteiger charge is 2.33.